The van der Waals surface area contributed by atoms with Crippen molar-refractivity contribution in [2.45, 2.75) is 117 Å². The molecule has 3 saturated carbocycles. The fraction of sp³-hybridized carbons (Fsp3) is 0.933. The van der Waals surface area contributed by atoms with E-state index in [1.165, 1.54) is 51.4 Å². The van der Waals surface area contributed by atoms with Crippen molar-refractivity contribution >= 4 is 12.6 Å². The summed E-state index contributed by atoms with van der Waals surface area (Å²) in [5, 5.41) is 20.9. The van der Waals surface area contributed by atoms with Crippen LogP contribution in [0.2, 0.25) is 0 Å². The smallest absolute Gasteiger partial charge is 0.0630 e. The van der Waals surface area contributed by atoms with Crippen molar-refractivity contribution in [3.8, 4) is 0 Å². The van der Waals surface area contributed by atoms with Gasteiger partial charge in [-0.05, 0) is 104 Å². The predicted octanol–water partition coefficient (Wildman–Crippen LogP) is 7.30. The molecule has 4 aliphatic carbocycles. The number of fused-ring (bicyclic) bond motifs is 5. The van der Waals surface area contributed by atoms with E-state index in [1.54, 1.807) is 5.57 Å². The Morgan fingerprint density at radius 2 is 1.85 bits per heavy atom. The second-order valence-electron chi connectivity index (χ2n) is 13.6. The van der Waals surface area contributed by atoms with Crippen LogP contribution in [0.4, 0.5) is 0 Å². The van der Waals surface area contributed by atoms with Crippen LogP contribution in [0, 0.1) is 52.3 Å². The van der Waals surface area contributed by atoms with Crippen LogP contribution in [0.3, 0.4) is 0 Å². The topological polar surface area (TPSA) is 40.5 Å². The van der Waals surface area contributed by atoms with E-state index in [2.05, 4.69) is 53.3 Å². The van der Waals surface area contributed by atoms with Gasteiger partial charge < -0.3 is 10.2 Å². The lowest BCUT2D eigenvalue weighted by molar-refractivity contribution is -0.0595. The van der Waals surface area contributed by atoms with Crippen LogP contribution in [-0.2, 0) is 0 Å². The molecule has 4 aliphatic rings. The van der Waals surface area contributed by atoms with Crippen LogP contribution in [0.15, 0.2) is 11.6 Å². The van der Waals surface area contributed by atoms with Gasteiger partial charge in [0, 0.05) is 5.75 Å². The largest absolute Gasteiger partial charge is 0.393 e. The fourth-order valence-corrected chi connectivity index (χ4v) is 9.82. The van der Waals surface area contributed by atoms with Crippen molar-refractivity contribution < 1.29 is 10.2 Å². The lowest BCUT2D eigenvalue weighted by atomic mass is 9.47. The molecule has 10 atom stereocenters. The van der Waals surface area contributed by atoms with Gasteiger partial charge in [0.1, 0.15) is 0 Å². The van der Waals surface area contributed by atoms with Crippen molar-refractivity contribution in [2.24, 2.45) is 52.3 Å². The third-order valence-corrected chi connectivity index (χ3v) is 11.6. The van der Waals surface area contributed by atoms with E-state index in [0.29, 0.717) is 22.5 Å². The Kier molecular flexibility index (Phi) is 8.04. The molecule has 33 heavy (non-hydrogen) atoms. The lowest BCUT2D eigenvalue weighted by Crippen LogP contribution is -2.51. The first-order valence-electron chi connectivity index (χ1n) is 14.3. The lowest BCUT2D eigenvalue weighted by Gasteiger charge is -2.58. The van der Waals surface area contributed by atoms with E-state index in [1.807, 2.05) is 0 Å². The third kappa shape index (κ3) is 4.86. The summed E-state index contributed by atoms with van der Waals surface area (Å²) in [6.45, 7) is 12.4. The second-order valence-corrected chi connectivity index (χ2v) is 14.0. The highest BCUT2D eigenvalue weighted by Gasteiger charge is 2.61. The van der Waals surface area contributed by atoms with Gasteiger partial charge >= 0.3 is 0 Å². The van der Waals surface area contributed by atoms with Gasteiger partial charge in [0.25, 0.3) is 0 Å². The zero-order valence-electron chi connectivity index (χ0n) is 22.1. The molecule has 0 amide bonds. The van der Waals surface area contributed by atoms with Gasteiger partial charge in [-0.1, -0.05) is 65.5 Å². The first-order chi connectivity index (χ1) is 15.6. The molecule has 0 aromatic rings. The predicted molar refractivity (Wildman–Crippen MR) is 142 cm³/mol. The Labute approximate surface area is 209 Å². The normalized spacial score (nSPS) is 44.6. The molecule has 0 heterocycles. The zero-order chi connectivity index (χ0) is 24.0. The maximum Gasteiger partial charge on any atom is 0.0630 e. The molecule has 0 saturated heterocycles. The standard InChI is InChI=1S/C30H52O2S/c1-19(2)7-6-8-20(3)28-21(15-24(32)18-33)16-27-25-10-9-22-17-23(31)11-13-29(22,4)26(25)12-14-30(27,28)5/h9,19-21,23-28,31-33H,6-8,10-18H2,1-5H3/t20-,21?,23+,24?,25-,26+,27+,28+,29+,30+/m1/s1. The van der Waals surface area contributed by atoms with E-state index in [9.17, 15) is 10.2 Å². The molecule has 0 bridgehead atoms. The van der Waals surface area contributed by atoms with Gasteiger partial charge in [-0.3, -0.25) is 0 Å². The number of rotatable bonds is 8. The summed E-state index contributed by atoms with van der Waals surface area (Å²) in [5.74, 6) is 5.85. The summed E-state index contributed by atoms with van der Waals surface area (Å²) >= 11 is 4.44. The van der Waals surface area contributed by atoms with Gasteiger partial charge in [-0.15, -0.1) is 0 Å². The van der Waals surface area contributed by atoms with Gasteiger partial charge in [0.15, 0.2) is 0 Å². The molecule has 0 aromatic carbocycles. The number of hydrogen-bond donors (Lipinski definition) is 3. The van der Waals surface area contributed by atoms with Gasteiger partial charge in [0.05, 0.1) is 12.2 Å². The highest BCUT2D eigenvalue weighted by Crippen LogP contribution is 2.69. The third-order valence-electron chi connectivity index (χ3n) is 11.2. The molecular formula is C30H52O2S. The van der Waals surface area contributed by atoms with Crippen LogP contribution in [0.1, 0.15) is 105 Å². The summed E-state index contributed by atoms with van der Waals surface area (Å²) in [4.78, 5) is 0. The van der Waals surface area contributed by atoms with Crippen LogP contribution in [0.5, 0.6) is 0 Å². The minimum Gasteiger partial charge on any atom is -0.393 e. The molecule has 190 valence electrons. The summed E-state index contributed by atoms with van der Waals surface area (Å²) in [7, 11) is 0. The van der Waals surface area contributed by atoms with Crippen LogP contribution in [0.25, 0.3) is 0 Å². The Morgan fingerprint density at radius 1 is 1.09 bits per heavy atom. The zero-order valence-corrected chi connectivity index (χ0v) is 23.0. The Bertz CT molecular complexity index is 703. The van der Waals surface area contributed by atoms with Gasteiger partial charge in [-0.2, -0.15) is 12.6 Å². The first kappa shape index (κ1) is 26.1. The van der Waals surface area contributed by atoms with Gasteiger partial charge in [-0.25, -0.2) is 0 Å². The molecule has 0 aromatic heterocycles. The summed E-state index contributed by atoms with van der Waals surface area (Å²) in [6, 6.07) is 0. The van der Waals surface area contributed by atoms with Crippen LogP contribution in [-0.4, -0.2) is 28.2 Å². The summed E-state index contributed by atoms with van der Waals surface area (Å²) in [5.41, 5.74) is 2.30. The minimum atomic E-state index is -0.265. The molecular weight excluding hydrogens is 424 g/mol. The first-order valence-corrected chi connectivity index (χ1v) is 14.9. The number of aliphatic hydroxyl groups excluding tert-OH is 2. The second kappa shape index (κ2) is 10.2. The van der Waals surface area contributed by atoms with Crippen molar-refractivity contribution in [2.75, 3.05) is 5.75 Å². The molecule has 4 rings (SSSR count). The molecule has 0 aliphatic heterocycles. The van der Waals surface area contributed by atoms with E-state index >= 15 is 0 Å². The molecule has 2 N–H and O–H groups in total. The maximum atomic E-state index is 10.6. The van der Waals surface area contributed by atoms with Crippen molar-refractivity contribution in [3.63, 3.8) is 0 Å². The molecule has 3 fully saturated rings. The maximum absolute atomic E-state index is 10.6. The molecule has 3 heteroatoms. The molecule has 0 spiro atoms. The van der Waals surface area contributed by atoms with E-state index in [0.717, 1.165) is 54.8 Å². The Balaban J connectivity index is 1.59. The molecule has 2 unspecified atom stereocenters. The van der Waals surface area contributed by atoms with Gasteiger partial charge in [0.2, 0.25) is 0 Å². The summed E-state index contributed by atoms with van der Waals surface area (Å²) < 4.78 is 0. The minimum absolute atomic E-state index is 0.121. The average molecular weight is 477 g/mol. The Morgan fingerprint density at radius 3 is 2.55 bits per heavy atom. The van der Waals surface area contributed by atoms with Crippen molar-refractivity contribution in [3.05, 3.63) is 11.6 Å². The average Bonchev–Trinajstić information content (AvgIpc) is 3.05. The van der Waals surface area contributed by atoms with E-state index in [-0.39, 0.29) is 12.2 Å². The highest BCUT2D eigenvalue weighted by molar-refractivity contribution is 7.80. The highest BCUT2D eigenvalue weighted by atomic mass is 32.1. The number of aliphatic hydroxyl groups is 2. The van der Waals surface area contributed by atoms with Crippen LogP contribution >= 0.6 is 12.6 Å². The number of hydrogen-bond acceptors (Lipinski definition) is 3. The quantitative estimate of drug-likeness (QED) is 0.254. The monoisotopic (exact) mass is 476 g/mol. The fourth-order valence-electron chi connectivity index (χ4n) is 9.67. The van der Waals surface area contributed by atoms with E-state index < -0.39 is 0 Å². The number of thiol groups is 1. The van der Waals surface area contributed by atoms with Crippen LogP contribution < -0.4 is 0 Å². The molecule has 2 nitrogen and oxygen atoms in total. The number of allylic oxidation sites excluding steroid dienone is 1. The summed E-state index contributed by atoms with van der Waals surface area (Å²) in [6.07, 6.45) is 15.4. The Hall–Kier alpha value is 0.01000. The van der Waals surface area contributed by atoms with Crippen molar-refractivity contribution in [1.82, 2.24) is 0 Å². The van der Waals surface area contributed by atoms with Crippen molar-refractivity contribution in [1.29, 1.82) is 0 Å². The van der Waals surface area contributed by atoms with E-state index in [4.69, 9.17) is 0 Å². The SMILES string of the molecule is CC(C)CCC[C@@H](C)[C@H]1C(CC(O)CS)C[C@H]2[C@@H]3CC=C4C[C@@H](O)CC[C@]4(C)[C@H]3CC[C@]12C. The molecule has 0 radical (unpaired) electrons.